The van der Waals surface area contributed by atoms with Gasteiger partial charge in [-0.2, -0.15) is 5.26 Å². The van der Waals surface area contributed by atoms with Crippen molar-refractivity contribution in [3.05, 3.63) is 0 Å². The Kier molecular flexibility index (Phi) is 41.4. The summed E-state index contributed by atoms with van der Waals surface area (Å²) in [6.07, 6.45) is 0.986. The van der Waals surface area contributed by atoms with Gasteiger partial charge in [0.15, 0.2) is 0 Å². The predicted octanol–water partition coefficient (Wildman–Crippen LogP) is -1.88. The minimum atomic E-state index is 0. The average molecular weight is 143 g/mol. The minimum absolute atomic E-state index is 0. The van der Waals surface area contributed by atoms with Crippen molar-refractivity contribution in [2.75, 3.05) is 0 Å². The molecular formula is CH5Ca2NO2. The van der Waals surface area contributed by atoms with Crippen LogP contribution >= 0.6 is 0 Å². The summed E-state index contributed by atoms with van der Waals surface area (Å²) in [4.78, 5) is 2.85. The van der Waals surface area contributed by atoms with Gasteiger partial charge in [-0.05, 0) is 0 Å². The summed E-state index contributed by atoms with van der Waals surface area (Å²) in [5.41, 5.74) is 0. The van der Waals surface area contributed by atoms with Gasteiger partial charge in [-0.25, -0.2) is 0 Å². The molecule has 0 spiro atoms. The summed E-state index contributed by atoms with van der Waals surface area (Å²) in [5.74, 6) is 0. The Bertz CT molecular complexity index is 41.3. The number of nitriles is 1. The molecular weight excluding hydrogens is 138 g/mol. The molecule has 0 saturated heterocycles. The van der Waals surface area contributed by atoms with E-state index in [4.69, 9.17) is 10.5 Å². The van der Waals surface area contributed by atoms with E-state index in [1.54, 1.807) is 0 Å². The molecule has 0 heterocycles. The Morgan fingerprint density at radius 3 is 1.67 bits per heavy atom. The zero-order chi connectivity index (χ0) is 3.41. The zero-order valence-corrected chi connectivity index (χ0v) is 1.80. The summed E-state index contributed by atoms with van der Waals surface area (Å²) in [5, 5.41) is 14.2. The standard InChI is InChI=1S/CHNO2.2Ca.4H/c2-1-4-3;;;;;;/h3H;;;;;;. The van der Waals surface area contributed by atoms with E-state index in [9.17, 15) is 0 Å². The van der Waals surface area contributed by atoms with Crippen molar-refractivity contribution in [2.24, 2.45) is 0 Å². The van der Waals surface area contributed by atoms with E-state index in [2.05, 4.69) is 4.89 Å². The topological polar surface area (TPSA) is 53.2 Å². The molecule has 3 nitrogen and oxygen atoms in total. The van der Waals surface area contributed by atoms with Crippen molar-refractivity contribution < 1.29 is 10.1 Å². The molecule has 0 aliphatic carbocycles. The fourth-order valence-corrected chi connectivity index (χ4v) is 0. The molecule has 0 aliphatic heterocycles. The van der Waals surface area contributed by atoms with Gasteiger partial charge in [0.1, 0.15) is 0 Å². The van der Waals surface area contributed by atoms with Gasteiger partial charge in [-0.15, -0.1) is 5.26 Å². The predicted molar refractivity (Wildman–Crippen MR) is 26.4 cm³/mol. The maximum atomic E-state index is 7.15. The molecule has 0 aromatic carbocycles. The summed E-state index contributed by atoms with van der Waals surface area (Å²) < 4.78 is 0. The Morgan fingerprint density at radius 1 is 1.50 bits per heavy atom. The van der Waals surface area contributed by atoms with E-state index in [0.717, 1.165) is 6.26 Å². The molecule has 0 radical (unpaired) electrons. The molecule has 1 N–H and O–H groups in total. The van der Waals surface area contributed by atoms with Gasteiger partial charge >= 0.3 is 81.7 Å². The molecule has 0 rings (SSSR count). The van der Waals surface area contributed by atoms with Crippen molar-refractivity contribution in [1.29, 1.82) is 5.26 Å². The molecule has 6 heavy (non-hydrogen) atoms. The molecule has 0 aliphatic rings. The Labute approximate surface area is 95.2 Å². The molecule has 30 valence electrons. The first-order chi connectivity index (χ1) is 1.91. The Hall–Kier alpha value is 1.77. The van der Waals surface area contributed by atoms with Crippen LogP contribution in [0.3, 0.4) is 0 Å². The third-order valence-corrected chi connectivity index (χ3v) is 0.0408. The number of rotatable bonds is 0. The molecule has 5 heteroatoms. The van der Waals surface area contributed by atoms with Gasteiger partial charge in [0.25, 0.3) is 0 Å². The van der Waals surface area contributed by atoms with Gasteiger partial charge in [0, 0.05) is 0 Å². The quantitative estimate of drug-likeness (QED) is 0.187. The van der Waals surface area contributed by atoms with Crippen LogP contribution < -0.4 is 0 Å². The second-order valence-electron chi connectivity index (χ2n) is 0.183. The second kappa shape index (κ2) is 15.9. The summed E-state index contributed by atoms with van der Waals surface area (Å²) in [7, 11) is 0. The van der Waals surface area contributed by atoms with Crippen molar-refractivity contribution in [1.82, 2.24) is 0 Å². The third kappa shape index (κ3) is 17.1. The Morgan fingerprint density at radius 2 is 1.67 bits per heavy atom. The average Bonchev–Trinajstić information content (AvgIpc) is 1.37. The zero-order valence-electron chi connectivity index (χ0n) is 1.80. The SMILES string of the molecule is N#COO.[CaH2].[CaH2]. The van der Waals surface area contributed by atoms with Gasteiger partial charge in [-0.1, -0.05) is 0 Å². The van der Waals surface area contributed by atoms with E-state index in [-0.39, 0.29) is 75.5 Å². The van der Waals surface area contributed by atoms with Gasteiger partial charge in [0.2, 0.25) is 0 Å². The molecule has 0 fully saturated rings. The van der Waals surface area contributed by atoms with Crippen LogP contribution in [0.2, 0.25) is 0 Å². The van der Waals surface area contributed by atoms with Crippen molar-refractivity contribution >= 4 is 75.5 Å². The molecule has 0 unspecified atom stereocenters. The fourth-order valence-electron chi connectivity index (χ4n) is 0. The van der Waals surface area contributed by atoms with E-state index in [1.807, 2.05) is 0 Å². The van der Waals surface area contributed by atoms with E-state index in [0.29, 0.717) is 0 Å². The van der Waals surface area contributed by atoms with Crippen LogP contribution in [0.25, 0.3) is 0 Å². The van der Waals surface area contributed by atoms with E-state index >= 15 is 0 Å². The second-order valence-corrected chi connectivity index (χ2v) is 0.183. The van der Waals surface area contributed by atoms with Gasteiger partial charge in [0.05, 0.1) is 0 Å². The molecule has 0 amide bonds. The molecule has 0 aromatic heterocycles. The van der Waals surface area contributed by atoms with Crippen LogP contribution in [0.1, 0.15) is 0 Å². The Balaban J connectivity index is -0.0000000450. The van der Waals surface area contributed by atoms with Gasteiger partial charge < -0.3 is 0 Å². The van der Waals surface area contributed by atoms with Crippen LogP contribution in [-0.2, 0) is 4.89 Å². The first-order valence-corrected chi connectivity index (χ1v) is 0.610. The third-order valence-electron chi connectivity index (χ3n) is 0.0408. The van der Waals surface area contributed by atoms with E-state index < -0.39 is 0 Å². The summed E-state index contributed by atoms with van der Waals surface area (Å²) in [6, 6.07) is 0. The van der Waals surface area contributed by atoms with Crippen LogP contribution in [0.5, 0.6) is 0 Å². The molecule has 0 bridgehead atoms. The first kappa shape index (κ1) is 15.7. The number of hydrogen-bond donors (Lipinski definition) is 1. The summed E-state index contributed by atoms with van der Waals surface area (Å²) in [6.45, 7) is 0. The fraction of sp³-hybridized carbons (Fsp3) is 0. The van der Waals surface area contributed by atoms with Crippen molar-refractivity contribution in [3.8, 4) is 6.26 Å². The molecule has 0 saturated carbocycles. The number of hydrogen-bond acceptors (Lipinski definition) is 3. The number of nitrogens with zero attached hydrogens (tertiary/aromatic N) is 1. The maximum absolute atomic E-state index is 7.15. The van der Waals surface area contributed by atoms with E-state index in [1.165, 1.54) is 0 Å². The van der Waals surface area contributed by atoms with Crippen LogP contribution in [0, 0.1) is 11.5 Å². The van der Waals surface area contributed by atoms with Crippen LogP contribution in [0.4, 0.5) is 0 Å². The van der Waals surface area contributed by atoms with Crippen molar-refractivity contribution in [3.63, 3.8) is 0 Å². The van der Waals surface area contributed by atoms with Crippen molar-refractivity contribution in [2.45, 2.75) is 0 Å². The van der Waals surface area contributed by atoms with Crippen LogP contribution in [0.15, 0.2) is 0 Å². The monoisotopic (exact) mass is 143 g/mol. The molecule has 0 atom stereocenters. The molecule has 0 aromatic rings. The van der Waals surface area contributed by atoms with Gasteiger partial charge in [-0.3, -0.25) is 4.89 Å². The summed E-state index contributed by atoms with van der Waals surface area (Å²) >= 11 is 0. The first-order valence-electron chi connectivity index (χ1n) is 0.610. The normalized spacial score (nSPS) is 2.67. The van der Waals surface area contributed by atoms with Crippen LogP contribution in [-0.4, -0.2) is 80.7 Å².